The van der Waals surface area contributed by atoms with E-state index in [1.54, 1.807) is 12.1 Å². The standard InChI is InChI=1S/C35H49N13O11/c36-14-4-3-8-22(31(54)43-18-10-12-26(48(58)59)20(16-18)29(39)52)45-34(57)25(17-28(50)51)47-33(56)24(11-13-27(38)49)46-32(55)23(9-5-15-42-35(40)41)44-30(53)19-6-1-2-7-21(19)37/h1-2,6-7,10,12,16,22-25H,3-5,8-9,11,13-15,17,36-37H2,(H2,38,49)(H2,39,52)(H,43,54)(H,44,53)(H,45,57)(H,46,55)(H,47,56)(H,50,51)(H4,40,41,42)/t22-,23-,24-,25-/m0/s1. The minimum Gasteiger partial charge on any atom is -0.481 e. The number of nitro benzene ring substituents is 1. The second kappa shape index (κ2) is 23.6. The highest BCUT2D eigenvalue weighted by Gasteiger charge is 2.33. The molecule has 0 aliphatic rings. The molecule has 24 nitrogen and oxygen atoms in total. The van der Waals surface area contributed by atoms with Crippen molar-refractivity contribution in [1.82, 2.24) is 21.3 Å². The quantitative estimate of drug-likeness (QED) is 0.0122. The highest BCUT2D eigenvalue weighted by Crippen LogP contribution is 2.23. The van der Waals surface area contributed by atoms with Gasteiger partial charge < -0.3 is 66.1 Å². The molecule has 0 saturated carbocycles. The molecule has 0 fully saturated rings. The van der Waals surface area contributed by atoms with E-state index in [-0.39, 0.29) is 61.7 Å². The summed E-state index contributed by atoms with van der Waals surface area (Å²) in [5.74, 6) is -8.65. The maximum absolute atomic E-state index is 13.7. The van der Waals surface area contributed by atoms with Gasteiger partial charge in [0.05, 0.1) is 16.9 Å². The molecule has 7 amide bonds. The number of primary amides is 2. The lowest BCUT2D eigenvalue weighted by Crippen LogP contribution is -2.58. The van der Waals surface area contributed by atoms with E-state index >= 15 is 0 Å². The summed E-state index contributed by atoms with van der Waals surface area (Å²) in [5, 5.41) is 33.0. The minimum absolute atomic E-state index is 0.0400. The van der Waals surface area contributed by atoms with Gasteiger partial charge in [-0.25, -0.2) is 0 Å². The predicted octanol–water partition coefficient (Wildman–Crippen LogP) is -2.61. The lowest BCUT2D eigenvalue weighted by molar-refractivity contribution is -0.385. The van der Waals surface area contributed by atoms with E-state index in [1.807, 2.05) is 0 Å². The van der Waals surface area contributed by atoms with Gasteiger partial charge in [0.2, 0.25) is 29.5 Å². The van der Waals surface area contributed by atoms with Crippen molar-refractivity contribution in [2.75, 3.05) is 24.1 Å². The van der Waals surface area contributed by atoms with Crippen LogP contribution in [0, 0.1) is 10.1 Å². The van der Waals surface area contributed by atoms with Crippen LogP contribution in [0.25, 0.3) is 0 Å². The summed E-state index contributed by atoms with van der Waals surface area (Å²) >= 11 is 0. The average Bonchev–Trinajstić information content (AvgIpc) is 3.16. The van der Waals surface area contributed by atoms with Gasteiger partial charge in [-0.2, -0.15) is 0 Å². The number of nitrogens with one attached hydrogen (secondary N) is 5. The summed E-state index contributed by atoms with van der Waals surface area (Å²) in [7, 11) is 0. The first-order valence-corrected chi connectivity index (χ1v) is 18.1. The Morgan fingerprint density at radius 1 is 0.729 bits per heavy atom. The molecule has 0 aromatic heterocycles. The predicted molar refractivity (Wildman–Crippen MR) is 212 cm³/mol. The molecule has 2 rings (SSSR count). The monoisotopic (exact) mass is 827 g/mol. The van der Waals surface area contributed by atoms with Crippen molar-refractivity contribution in [2.24, 2.45) is 33.7 Å². The van der Waals surface area contributed by atoms with Crippen LogP contribution in [-0.4, -0.2) is 101 Å². The summed E-state index contributed by atoms with van der Waals surface area (Å²) in [6, 6.07) is 2.80. The first kappa shape index (κ1) is 47.8. The summed E-state index contributed by atoms with van der Waals surface area (Å²) in [4.78, 5) is 117. The topological polar surface area (TPSA) is 429 Å². The fraction of sp³-hybridized carbons (Fsp3) is 0.400. The Bertz CT molecular complexity index is 1920. The maximum Gasteiger partial charge on any atom is 0.305 e. The van der Waals surface area contributed by atoms with Crippen LogP contribution in [0.3, 0.4) is 0 Å². The zero-order chi connectivity index (χ0) is 44.2. The van der Waals surface area contributed by atoms with E-state index in [4.69, 9.17) is 34.4 Å². The molecule has 0 aliphatic heterocycles. The van der Waals surface area contributed by atoms with Crippen molar-refractivity contribution < 1.29 is 48.4 Å². The van der Waals surface area contributed by atoms with Gasteiger partial charge in [-0.05, 0) is 69.3 Å². The van der Waals surface area contributed by atoms with Crippen LogP contribution in [0.5, 0.6) is 0 Å². The van der Waals surface area contributed by atoms with Gasteiger partial charge in [-0.15, -0.1) is 0 Å². The largest absolute Gasteiger partial charge is 0.481 e. The second-order valence-electron chi connectivity index (χ2n) is 13.0. The van der Waals surface area contributed by atoms with E-state index in [9.17, 15) is 53.6 Å². The number of nitrogens with two attached hydrogens (primary N) is 6. The van der Waals surface area contributed by atoms with E-state index in [1.165, 1.54) is 12.1 Å². The van der Waals surface area contributed by atoms with Crippen molar-refractivity contribution in [3.8, 4) is 0 Å². The number of aliphatic imine (C=N–C) groups is 1. The zero-order valence-corrected chi connectivity index (χ0v) is 31.8. The Hall–Kier alpha value is -7.37. The van der Waals surface area contributed by atoms with E-state index in [0.717, 1.165) is 18.2 Å². The first-order valence-electron chi connectivity index (χ1n) is 18.1. The molecule has 2 aromatic carbocycles. The lowest BCUT2D eigenvalue weighted by atomic mass is 10.0. The molecule has 0 bridgehead atoms. The number of amides is 7. The number of rotatable bonds is 25. The van der Waals surface area contributed by atoms with E-state index < -0.39 is 107 Å². The maximum atomic E-state index is 13.7. The third-order valence-corrected chi connectivity index (χ3v) is 8.40. The summed E-state index contributed by atoms with van der Waals surface area (Å²) in [6.45, 7) is 0.268. The Labute approximate surface area is 336 Å². The molecule has 18 N–H and O–H groups in total. The average molecular weight is 828 g/mol. The number of para-hydroxylation sites is 1. The molecule has 2 aromatic rings. The molecular weight excluding hydrogens is 778 g/mol. The number of hydrogen-bond acceptors (Lipinski definition) is 13. The van der Waals surface area contributed by atoms with Crippen LogP contribution in [0.2, 0.25) is 0 Å². The van der Waals surface area contributed by atoms with Gasteiger partial charge in [-0.3, -0.25) is 53.5 Å². The molecule has 0 saturated heterocycles. The van der Waals surface area contributed by atoms with Gasteiger partial charge in [0.1, 0.15) is 29.7 Å². The number of anilines is 2. The molecule has 59 heavy (non-hydrogen) atoms. The number of carbonyl (C=O) groups excluding carboxylic acids is 7. The van der Waals surface area contributed by atoms with Crippen LogP contribution in [-0.2, 0) is 28.8 Å². The Morgan fingerprint density at radius 2 is 1.31 bits per heavy atom. The minimum atomic E-state index is -1.87. The fourth-order valence-corrected chi connectivity index (χ4v) is 5.43. The number of nitrogens with zero attached hydrogens (tertiary/aromatic N) is 2. The number of carboxylic acid groups (broad SMARTS) is 1. The molecule has 0 heterocycles. The molecule has 0 radical (unpaired) electrons. The lowest BCUT2D eigenvalue weighted by Gasteiger charge is -2.26. The third kappa shape index (κ3) is 16.3. The van der Waals surface area contributed by atoms with Crippen molar-refractivity contribution >= 4 is 70.3 Å². The van der Waals surface area contributed by atoms with Crippen LogP contribution < -0.4 is 61.0 Å². The van der Waals surface area contributed by atoms with Gasteiger partial charge in [-0.1, -0.05) is 12.1 Å². The Balaban J connectivity index is 2.37. The number of nitro groups is 1. The number of benzene rings is 2. The van der Waals surface area contributed by atoms with Gasteiger partial charge >= 0.3 is 5.97 Å². The van der Waals surface area contributed by atoms with Crippen molar-refractivity contribution in [3.05, 3.63) is 63.7 Å². The number of hydrogen-bond donors (Lipinski definition) is 12. The van der Waals surface area contributed by atoms with Gasteiger partial charge in [0.25, 0.3) is 17.5 Å². The number of carboxylic acids is 1. The number of nitrogen functional groups attached to an aromatic ring is 1. The van der Waals surface area contributed by atoms with Crippen LogP contribution in [0.4, 0.5) is 17.1 Å². The van der Waals surface area contributed by atoms with E-state index in [0.29, 0.717) is 6.42 Å². The fourth-order valence-electron chi connectivity index (χ4n) is 5.43. The van der Waals surface area contributed by atoms with Crippen LogP contribution >= 0.6 is 0 Å². The van der Waals surface area contributed by atoms with Crippen LogP contribution in [0.15, 0.2) is 47.5 Å². The Morgan fingerprint density at radius 3 is 1.86 bits per heavy atom. The van der Waals surface area contributed by atoms with Crippen LogP contribution in [0.1, 0.15) is 72.1 Å². The first-order chi connectivity index (χ1) is 27.8. The normalized spacial score (nSPS) is 12.6. The molecular formula is C35H49N13O11. The van der Waals surface area contributed by atoms with Crippen molar-refractivity contribution in [2.45, 2.75) is 75.5 Å². The summed E-state index contributed by atoms with van der Waals surface area (Å²) in [5.41, 5.74) is 31.7. The number of carbonyl (C=O) groups is 8. The summed E-state index contributed by atoms with van der Waals surface area (Å²) in [6.07, 6.45) is -1.19. The molecule has 0 spiro atoms. The summed E-state index contributed by atoms with van der Waals surface area (Å²) < 4.78 is 0. The molecule has 0 aliphatic carbocycles. The van der Waals surface area contributed by atoms with Gasteiger partial charge in [0.15, 0.2) is 5.96 Å². The zero-order valence-electron chi connectivity index (χ0n) is 31.8. The van der Waals surface area contributed by atoms with Crippen molar-refractivity contribution in [1.29, 1.82) is 0 Å². The van der Waals surface area contributed by atoms with Crippen molar-refractivity contribution in [3.63, 3.8) is 0 Å². The smallest absolute Gasteiger partial charge is 0.305 e. The highest BCUT2D eigenvalue weighted by molar-refractivity contribution is 6.03. The van der Waals surface area contributed by atoms with E-state index in [2.05, 4.69) is 31.6 Å². The Kier molecular flexibility index (Phi) is 19.1. The molecule has 320 valence electrons. The molecule has 24 heteroatoms. The second-order valence-corrected chi connectivity index (χ2v) is 13.0. The highest BCUT2D eigenvalue weighted by atomic mass is 16.6. The number of unbranched alkanes of at least 4 members (excludes halogenated alkanes) is 1. The number of aliphatic carboxylic acids is 1. The third-order valence-electron chi connectivity index (χ3n) is 8.40. The van der Waals surface area contributed by atoms with Gasteiger partial charge in [0, 0.05) is 30.4 Å². The molecule has 4 atom stereocenters. The SMILES string of the molecule is NCCCC[C@H](NC(=O)[C@H](CC(=O)O)NC(=O)[C@H](CCC(N)=O)NC(=O)[C@H](CCCN=C(N)N)NC(=O)c1ccccc1N)C(=O)Nc1ccc([N+](=O)[O-])c(C(N)=O)c1. The molecule has 0 unspecified atom stereocenters. The number of guanidine groups is 1.